The second kappa shape index (κ2) is 5.04. The highest BCUT2D eigenvalue weighted by molar-refractivity contribution is 6.30. The average molecular weight is 308 g/mol. The Morgan fingerprint density at radius 1 is 1.38 bits per heavy atom. The van der Waals surface area contributed by atoms with Crippen molar-refractivity contribution < 1.29 is 4.39 Å². The number of benzene rings is 1. The van der Waals surface area contributed by atoms with Gasteiger partial charge in [0.25, 0.3) is 0 Å². The Labute approximate surface area is 126 Å². The molecule has 7 heteroatoms. The van der Waals surface area contributed by atoms with Gasteiger partial charge in [0, 0.05) is 7.05 Å². The van der Waals surface area contributed by atoms with Crippen LogP contribution in [-0.4, -0.2) is 19.3 Å². The fourth-order valence-corrected chi connectivity index (χ4v) is 2.67. The number of aromatic nitrogens is 4. The Morgan fingerprint density at radius 2 is 2.14 bits per heavy atom. The molecule has 0 saturated carbocycles. The van der Waals surface area contributed by atoms with Crippen molar-refractivity contribution in [2.75, 3.05) is 5.73 Å². The van der Waals surface area contributed by atoms with Gasteiger partial charge in [-0.1, -0.05) is 31.0 Å². The molecule has 1 aromatic carbocycles. The second-order valence-corrected chi connectivity index (χ2v) is 5.28. The highest BCUT2D eigenvalue weighted by atomic mass is 35.5. The van der Waals surface area contributed by atoms with Crippen LogP contribution < -0.4 is 5.73 Å². The molecule has 5 nitrogen and oxygen atoms in total. The molecular weight excluding hydrogens is 293 g/mol. The molecule has 0 amide bonds. The number of hydrogen-bond donors (Lipinski definition) is 1. The van der Waals surface area contributed by atoms with E-state index in [-0.39, 0.29) is 16.7 Å². The Morgan fingerprint density at radius 3 is 2.86 bits per heavy atom. The van der Waals surface area contributed by atoms with E-state index in [9.17, 15) is 4.39 Å². The van der Waals surface area contributed by atoms with Crippen LogP contribution in [0.5, 0.6) is 0 Å². The highest BCUT2D eigenvalue weighted by Crippen LogP contribution is 2.29. The van der Waals surface area contributed by atoms with Gasteiger partial charge in [0.05, 0.1) is 16.4 Å². The predicted octanol–water partition coefficient (Wildman–Crippen LogP) is 3.09. The van der Waals surface area contributed by atoms with Crippen molar-refractivity contribution in [3.63, 3.8) is 0 Å². The Kier molecular flexibility index (Phi) is 3.33. The first kappa shape index (κ1) is 13.9. The number of halogens is 2. The molecule has 110 valence electrons. The van der Waals surface area contributed by atoms with Crippen molar-refractivity contribution in [1.82, 2.24) is 19.3 Å². The van der Waals surface area contributed by atoms with Crippen LogP contribution in [-0.2, 0) is 13.5 Å². The van der Waals surface area contributed by atoms with Crippen LogP contribution in [0.2, 0.25) is 5.02 Å². The number of imidazole rings is 1. The second-order valence-electron chi connectivity index (χ2n) is 4.87. The lowest BCUT2D eigenvalue weighted by Crippen LogP contribution is -2.07. The number of nitrogens with zero attached hydrogens (tertiary/aromatic N) is 4. The van der Waals surface area contributed by atoms with Crippen molar-refractivity contribution in [2.24, 2.45) is 7.05 Å². The molecule has 0 atom stereocenters. The van der Waals surface area contributed by atoms with Crippen molar-refractivity contribution in [3.05, 3.63) is 34.7 Å². The Balaban J connectivity index is 2.33. The highest BCUT2D eigenvalue weighted by Gasteiger charge is 2.21. The Bertz CT molecular complexity index is 820. The molecule has 0 aliphatic carbocycles. The molecule has 2 aromatic heterocycles. The number of nitrogens with two attached hydrogens (primary N) is 1. The summed E-state index contributed by atoms with van der Waals surface area (Å²) in [5, 5.41) is 4.49. The van der Waals surface area contributed by atoms with Gasteiger partial charge in [0.15, 0.2) is 11.5 Å². The minimum absolute atomic E-state index is 0.0460. The number of hydrogen-bond acceptors (Lipinski definition) is 3. The molecular formula is C14H15ClFN5. The molecule has 2 heterocycles. The molecule has 3 rings (SSSR count). The van der Waals surface area contributed by atoms with Gasteiger partial charge in [-0.05, 0) is 18.6 Å². The van der Waals surface area contributed by atoms with Crippen molar-refractivity contribution in [1.29, 1.82) is 0 Å². The molecule has 0 radical (unpaired) electrons. The SMILES string of the molecule is CCCc1nn(C)c2c1nc(N)n2-c1cccc(Cl)c1F. The van der Waals surface area contributed by atoms with Gasteiger partial charge < -0.3 is 5.73 Å². The lowest BCUT2D eigenvalue weighted by atomic mass is 10.2. The van der Waals surface area contributed by atoms with E-state index in [0.717, 1.165) is 18.5 Å². The van der Waals surface area contributed by atoms with E-state index in [4.69, 9.17) is 17.3 Å². The monoisotopic (exact) mass is 307 g/mol. The van der Waals surface area contributed by atoms with Crippen LogP contribution in [0.3, 0.4) is 0 Å². The summed E-state index contributed by atoms with van der Waals surface area (Å²) in [5.41, 5.74) is 8.49. The average Bonchev–Trinajstić information content (AvgIpc) is 2.92. The summed E-state index contributed by atoms with van der Waals surface area (Å²) in [5.74, 6) is -0.306. The number of aryl methyl sites for hydroxylation is 2. The van der Waals surface area contributed by atoms with Crippen LogP contribution in [0.15, 0.2) is 18.2 Å². The molecule has 2 N–H and O–H groups in total. The van der Waals surface area contributed by atoms with Gasteiger partial charge in [-0.25, -0.2) is 14.1 Å². The van der Waals surface area contributed by atoms with E-state index >= 15 is 0 Å². The number of anilines is 1. The molecule has 21 heavy (non-hydrogen) atoms. The van der Waals surface area contributed by atoms with Crippen LogP contribution >= 0.6 is 11.6 Å². The maximum absolute atomic E-state index is 14.3. The maximum Gasteiger partial charge on any atom is 0.207 e. The number of rotatable bonds is 3. The van der Waals surface area contributed by atoms with Gasteiger partial charge in [0.2, 0.25) is 5.95 Å². The van der Waals surface area contributed by atoms with E-state index in [1.54, 1.807) is 28.4 Å². The van der Waals surface area contributed by atoms with E-state index in [2.05, 4.69) is 17.0 Å². The molecule has 0 fully saturated rings. The van der Waals surface area contributed by atoms with Gasteiger partial charge in [-0.2, -0.15) is 5.10 Å². The maximum atomic E-state index is 14.3. The van der Waals surface area contributed by atoms with Crippen LogP contribution in [0.25, 0.3) is 16.9 Å². The number of nitrogen functional groups attached to an aromatic ring is 1. The predicted molar refractivity (Wildman–Crippen MR) is 81.2 cm³/mol. The van der Waals surface area contributed by atoms with E-state index in [0.29, 0.717) is 11.2 Å². The molecule has 0 saturated heterocycles. The summed E-state index contributed by atoms with van der Waals surface area (Å²) in [7, 11) is 1.79. The molecule has 0 bridgehead atoms. The first-order chi connectivity index (χ1) is 10.0. The first-order valence-corrected chi connectivity index (χ1v) is 7.06. The zero-order valence-corrected chi connectivity index (χ0v) is 12.5. The van der Waals surface area contributed by atoms with E-state index < -0.39 is 5.82 Å². The van der Waals surface area contributed by atoms with Crippen molar-refractivity contribution in [3.8, 4) is 5.69 Å². The molecule has 0 aliphatic rings. The smallest absolute Gasteiger partial charge is 0.207 e. The summed E-state index contributed by atoms with van der Waals surface area (Å²) in [4.78, 5) is 4.35. The third-order valence-electron chi connectivity index (χ3n) is 3.39. The van der Waals surface area contributed by atoms with Crippen molar-refractivity contribution >= 4 is 28.7 Å². The zero-order chi connectivity index (χ0) is 15.1. The quantitative estimate of drug-likeness (QED) is 0.809. The standard InChI is InChI=1S/C14H15ClFN5/c1-3-5-9-12-13(20(2)19-9)21(14(17)18-12)10-7-4-6-8(15)11(10)16/h4,6-7H,3,5H2,1-2H3,(H2,17,18). The third kappa shape index (κ3) is 2.06. The molecule has 0 aliphatic heterocycles. The molecule has 0 spiro atoms. The van der Waals surface area contributed by atoms with Gasteiger partial charge in [-0.15, -0.1) is 0 Å². The van der Waals surface area contributed by atoms with Gasteiger partial charge in [0.1, 0.15) is 5.52 Å². The first-order valence-electron chi connectivity index (χ1n) is 6.68. The molecule has 3 aromatic rings. The van der Waals surface area contributed by atoms with Crippen LogP contribution in [0, 0.1) is 5.82 Å². The lowest BCUT2D eigenvalue weighted by Gasteiger charge is -2.08. The minimum atomic E-state index is -0.525. The minimum Gasteiger partial charge on any atom is -0.369 e. The van der Waals surface area contributed by atoms with Gasteiger partial charge >= 0.3 is 0 Å². The summed E-state index contributed by atoms with van der Waals surface area (Å²) >= 11 is 5.86. The zero-order valence-electron chi connectivity index (χ0n) is 11.8. The fourth-order valence-electron chi connectivity index (χ4n) is 2.50. The lowest BCUT2D eigenvalue weighted by molar-refractivity contribution is 0.618. The summed E-state index contributed by atoms with van der Waals surface area (Å²) in [6, 6.07) is 4.79. The fraction of sp³-hybridized carbons (Fsp3) is 0.286. The van der Waals surface area contributed by atoms with Crippen LogP contribution in [0.4, 0.5) is 10.3 Å². The van der Waals surface area contributed by atoms with Crippen molar-refractivity contribution in [2.45, 2.75) is 19.8 Å². The van der Waals surface area contributed by atoms with E-state index in [1.807, 2.05) is 0 Å². The molecule has 0 unspecified atom stereocenters. The summed E-state index contributed by atoms with van der Waals surface area (Å²) in [6.45, 7) is 2.07. The van der Waals surface area contributed by atoms with Crippen LogP contribution in [0.1, 0.15) is 19.0 Å². The van der Waals surface area contributed by atoms with E-state index in [1.165, 1.54) is 6.07 Å². The number of fused-ring (bicyclic) bond motifs is 1. The summed E-state index contributed by atoms with van der Waals surface area (Å²) < 4.78 is 17.5. The summed E-state index contributed by atoms with van der Waals surface area (Å²) in [6.07, 6.45) is 1.75. The largest absolute Gasteiger partial charge is 0.369 e. The van der Waals surface area contributed by atoms with Gasteiger partial charge in [-0.3, -0.25) is 4.57 Å². The Hall–Kier alpha value is -2.08. The third-order valence-corrected chi connectivity index (χ3v) is 3.68. The topological polar surface area (TPSA) is 61.7 Å². The normalized spacial score (nSPS) is 11.4.